The Kier molecular flexibility index (Phi) is 10.3. The highest BCUT2D eigenvalue weighted by molar-refractivity contribution is 6.17. The summed E-state index contributed by atoms with van der Waals surface area (Å²) in [5.74, 6) is 0.313. The summed E-state index contributed by atoms with van der Waals surface area (Å²) in [6, 6.07) is 71.7. The molecule has 9 aromatic carbocycles. The van der Waals surface area contributed by atoms with Crippen molar-refractivity contribution in [3.8, 4) is 27.9 Å². The molecule has 1 aliphatic carbocycles. The lowest BCUT2D eigenvalue weighted by Crippen LogP contribution is -2.22. The van der Waals surface area contributed by atoms with Gasteiger partial charge in [0.1, 0.15) is 11.2 Å². The van der Waals surface area contributed by atoms with Gasteiger partial charge in [-0.3, -0.25) is 0 Å². The van der Waals surface area contributed by atoms with Crippen LogP contribution in [0.5, 0.6) is 0 Å². The first kappa shape index (κ1) is 43.4. The molecule has 1 atom stereocenters. The Hall–Kier alpha value is -7.88. The van der Waals surface area contributed by atoms with Crippen molar-refractivity contribution >= 4 is 71.5 Å². The van der Waals surface area contributed by atoms with Crippen LogP contribution >= 0.6 is 0 Å². The Morgan fingerprint density at radius 1 is 0.500 bits per heavy atom. The Morgan fingerprint density at radius 3 is 1.86 bits per heavy atom. The fourth-order valence-corrected chi connectivity index (χ4v) is 11.1. The van der Waals surface area contributed by atoms with E-state index < -0.39 is 0 Å². The summed E-state index contributed by atoms with van der Waals surface area (Å²) < 4.78 is 9.03. The molecule has 0 radical (unpaired) electrons. The number of hydrogen-bond acceptors (Lipinski definition) is 2. The fourth-order valence-electron chi connectivity index (χ4n) is 11.1. The van der Waals surface area contributed by atoms with E-state index in [1.54, 1.807) is 0 Å². The first-order valence-electron chi connectivity index (χ1n) is 24.9. The molecule has 3 nitrogen and oxygen atoms in total. The number of aromatic nitrogens is 1. The molecule has 3 heteroatoms. The van der Waals surface area contributed by atoms with Gasteiger partial charge < -0.3 is 13.9 Å². The van der Waals surface area contributed by atoms with Crippen LogP contribution in [-0.2, 0) is 10.8 Å². The van der Waals surface area contributed by atoms with E-state index in [4.69, 9.17) is 4.42 Å². The van der Waals surface area contributed by atoms with E-state index in [1.807, 2.05) is 0 Å². The Labute approximate surface area is 411 Å². The van der Waals surface area contributed by atoms with Crippen LogP contribution in [-0.4, -0.2) is 4.57 Å². The molecule has 12 rings (SSSR count). The van der Waals surface area contributed by atoms with Crippen LogP contribution in [0.2, 0.25) is 0 Å². The summed E-state index contributed by atoms with van der Waals surface area (Å²) in [7, 11) is 0. The minimum absolute atomic E-state index is 0.0230. The molecule has 70 heavy (non-hydrogen) atoms. The third kappa shape index (κ3) is 7.26. The van der Waals surface area contributed by atoms with E-state index in [9.17, 15) is 0 Å². The molecule has 0 saturated carbocycles. The van der Waals surface area contributed by atoms with Crippen LogP contribution in [0.4, 0.5) is 11.4 Å². The molecule has 342 valence electrons. The topological polar surface area (TPSA) is 21.3 Å². The Bertz CT molecular complexity index is 3860. The van der Waals surface area contributed by atoms with E-state index in [0.717, 1.165) is 67.8 Å². The first-order valence-corrected chi connectivity index (χ1v) is 24.9. The molecule has 2 heterocycles. The standard InChI is InChI=1S/C67H58N2O/c1-43-37-38-59(56(39-43)53-29-18-22-44-21-17-28-49(63(44)53)45-40-46(66(2,3)4)42-47(41-45)67(5,6)7)69(58-33-15-11-25-50(58)52-30-20-36-62-64(52)55-27-13-16-35-61(55)70-62)60-34-19-31-54-51-26-12-14-32-57(51)68(65(54)60)48-23-9-8-10-24-48/h8-36,38-43H,37H2,1-7H3. The van der Waals surface area contributed by atoms with Gasteiger partial charge in [0.05, 0.1) is 22.4 Å². The second kappa shape index (κ2) is 16.7. The van der Waals surface area contributed by atoms with Crippen LogP contribution < -0.4 is 4.90 Å². The maximum Gasteiger partial charge on any atom is 0.136 e. The van der Waals surface area contributed by atoms with Crippen LogP contribution in [0.15, 0.2) is 216 Å². The zero-order valence-electron chi connectivity index (χ0n) is 41.2. The number of nitrogens with zero attached hydrogens (tertiary/aromatic N) is 2. The number of allylic oxidation sites excluding steroid dienone is 3. The van der Waals surface area contributed by atoms with Crippen LogP contribution in [0, 0.1) is 5.92 Å². The number of hydrogen-bond donors (Lipinski definition) is 0. The number of benzene rings is 9. The second-order valence-electron chi connectivity index (χ2n) is 21.4. The van der Waals surface area contributed by atoms with Crippen molar-refractivity contribution in [2.75, 3.05) is 4.90 Å². The smallest absolute Gasteiger partial charge is 0.136 e. The summed E-state index contributed by atoms with van der Waals surface area (Å²) >= 11 is 0. The molecule has 1 aliphatic rings. The number of furan rings is 1. The highest BCUT2D eigenvalue weighted by Gasteiger charge is 2.31. The maximum absolute atomic E-state index is 6.56. The van der Waals surface area contributed by atoms with Crippen molar-refractivity contribution < 1.29 is 4.42 Å². The van der Waals surface area contributed by atoms with Gasteiger partial charge >= 0.3 is 0 Å². The monoisotopic (exact) mass is 906 g/mol. The molecule has 1 unspecified atom stereocenters. The van der Waals surface area contributed by atoms with Crippen LogP contribution in [0.25, 0.3) is 88.0 Å². The SMILES string of the molecule is CC1C=C(c2cccc3cccc(-c4cc(C(C)(C)C)cc(C(C)(C)C)c4)c23)C(N(c2ccccc2-c2cccc3oc4ccccc4c23)c2cccc3c4ccccc4n(-c4ccccc4)c23)=CC1. The predicted octanol–water partition coefficient (Wildman–Crippen LogP) is 18.9. The average Bonchev–Trinajstić information content (AvgIpc) is 3.93. The third-order valence-corrected chi connectivity index (χ3v) is 14.6. The lowest BCUT2D eigenvalue weighted by Gasteiger charge is -2.35. The molecule has 0 aliphatic heterocycles. The van der Waals surface area contributed by atoms with E-state index in [1.165, 1.54) is 60.5 Å². The normalized spacial score (nSPS) is 14.5. The van der Waals surface area contributed by atoms with Crippen molar-refractivity contribution in [3.63, 3.8) is 0 Å². The fraction of sp³-hybridized carbons (Fsp3) is 0.164. The van der Waals surface area contributed by atoms with Gasteiger partial charge in [-0.15, -0.1) is 0 Å². The van der Waals surface area contributed by atoms with Crippen LogP contribution in [0.1, 0.15) is 71.6 Å². The Morgan fingerprint density at radius 2 is 1.09 bits per heavy atom. The quantitative estimate of drug-likeness (QED) is 0.159. The van der Waals surface area contributed by atoms with E-state index in [2.05, 4.69) is 264 Å². The van der Waals surface area contributed by atoms with E-state index in [0.29, 0.717) is 5.92 Å². The predicted molar refractivity (Wildman–Crippen MR) is 299 cm³/mol. The van der Waals surface area contributed by atoms with Gasteiger partial charge in [0.2, 0.25) is 0 Å². The highest BCUT2D eigenvalue weighted by Crippen LogP contribution is 2.51. The zero-order chi connectivity index (χ0) is 47.9. The van der Waals surface area contributed by atoms with Gasteiger partial charge in [-0.25, -0.2) is 0 Å². The highest BCUT2D eigenvalue weighted by atomic mass is 16.3. The van der Waals surface area contributed by atoms with Crippen molar-refractivity contribution in [3.05, 3.63) is 229 Å². The van der Waals surface area contributed by atoms with Gasteiger partial charge in [-0.1, -0.05) is 212 Å². The molecule has 0 spiro atoms. The number of fused-ring (bicyclic) bond motifs is 7. The van der Waals surface area contributed by atoms with Crippen molar-refractivity contribution in [2.45, 2.75) is 65.7 Å². The molecule has 0 amide bonds. The lowest BCUT2D eigenvalue weighted by molar-refractivity contribution is 0.569. The third-order valence-electron chi connectivity index (χ3n) is 14.6. The molecule has 0 fully saturated rings. The number of para-hydroxylation sites is 5. The molecule has 2 aromatic heterocycles. The minimum Gasteiger partial charge on any atom is -0.456 e. The molecular formula is C67H58N2O. The molecule has 11 aromatic rings. The molecule has 0 N–H and O–H groups in total. The van der Waals surface area contributed by atoms with E-state index in [-0.39, 0.29) is 10.8 Å². The summed E-state index contributed by atoms with van der Waals surface area (Å²) in [5, 5.41) is 7.15. The summed E-state index contributed by atoms with van der Waals surface area (Å²) in [6.45, 7) is 16.3. The summed E-state index contributed by atoms with van der Waals surface area (Å²) in [5.41, 5.74) is 18.4. The van der Waals surface area contributed by atoms with E-state index >= 15 is 0 Å². The number of anilines is 2. The van der Waals surface area contributed by atoms with Crippen LogP contribution in [0.3, 0.4) is 0 Å². The average molecular weight is 907 g/mol. The van der Waals surface area contributed by atoms with Gasteiger partial charge in [-0.2, -0.15) is 0 Å². The molecular weight excluding hydrogens is 849 g/mol. The number of rotatable bonds is 7. The van der Waals surface area contributed by atoms with Crippen molar-refractivity contribution in [2.24, 2.45) is 5.92 Å². The van der Waals surface area contributed by atoms with Gasteiger partial charge in [-0.05, 0) is 110 Å². The van der Waals surface area contributed by atoms with Crippen molar-refractivity contribution in [1.29, 1.82) is 0 Å². The maximum atomic E-state index is 6.56. The van der Waals surface area contributed by atoms with Gasteiger partial charge in [0.15, 0.2) is 0 Å². The Balaban J connectivity index is 1.17. The van der Waals surface area contributed by atoms with Gasteiger partial charge in [0, 0.05) is 44.1 Å². The molecule has 0 saturated heterocycles. The first-order chi connectivity index (χ1) is 33.9. The summed E-state index contributed by atoms with van der Waals surface area (Å²) in [4.78, 5) is 2.59. The molecule has 0 bridgehead atoms. The minimum atomic E-state index is -0.0230. The largest absolute Gasteiger partial charge is 0.456 e. The zero-order valence-corrected chi connectivity index (χ0v) is 41.2. The summed E-state index contributed by atoms with van der Waals surface area (Å²) in [6.07, 6.45) is 5.95. The van der Waals surface area contributed by atoms with Crippen molar-refractivity contribution in [1.82, 2.24) is 4.57 Å². The lowest BCUT2D eigenvalue weighted by atomic mass is 9.78. The second-order valence-corrected chi connectivity index (χ2v) is 21.4. The van der Waals surface area contributed by atoms with Gasteiger partial charge in [0.25, 0.3) is 0 Å².